The number of hydrogen-bond acceptors (Lipinski definition) is 3. The Labute approximate surface area is 187 Å². The highest BCUT2D eigenvalue weighted by Crippen LogP contribution is 2.25. The number of carbonyl (C=O) groups excluding carboxylic acids is 2. The van der Waals surface area contributed by atoms with Crippen molar-refractivity contribution >= 4 is 28.2 Å². The van der Waals surface area contributed by atoms with Gasteiger partial charge in [0.1, 0.15) is 0 Å². The van der Waals surface area contributed by atoms with E-state index in [4.69, 9.17) is 0 Å². The highest BCUT2D eigenvalue weighted by atomic mass is 79.9. The number of halogens is 1. The minimum Gasteiger partial charge on any atom is -0.302 e. The van der Waals surface area contributed by atoms with E-state index in [-0.39, 0.29) is 5.91 Å². The van der Waals surface area contributed by atoms with Gasteiger partial charge in [-0.05, 0) is 43.7 Å². The minimum atomic E-state index is -0.212. The fraction of sp³-hybridized carbons (Fsp3) is 0.360. The van der Waals surface area contributed by atoms with Crippen LogP contribution in [0, 0.1) is 0 Å². The summed E-state index contributed by atoms with van der Waals surface area (Å²) in [5.41, 5.74) is 4.26. The molecule has 30 heavy (non-hydrogen) atoms. The van der Waals surface area contributed by atoms with Crippen LogP contribution in [0.5, 0.6) is 0 Å². The van der Waals surface area contributed by atoms with Crippen LogP contribution in [0.15, 0.2) is 75.8 Å². The Morgan fingerprint density at radius 2 is 1.90 bits per heavy atom. The number of allylic oxidation sites excluding steroid dienone is 5. The van der Waals surface area contributed by atoms with Crippen molar-refractivity contribution in [3.05, 3.63) is 81.4 Å². The van der Waals surface area contributed by atoms with Crippen molar-refractivity contribution in [3.63, 3.8) is 0 Å². The molecule has 1 aliphatic carbocycles. The minimum absolute atomic E-state index is 0.212. The van der Waals surface area contributed by atoms with Crippen molar-refractivity contribution in [2.45, 2.75) is 32.6 Å². The molecule has 5 heteroatoms. The molecule has 0 N–H and O–H groups in total. The predicted molar refractivity (Wildman–Crippen MR) is 125 cm³/mol. The van der Waals surface area contributed by atoms with Crippen LogP contribution in [-0.4, -0.2) is 48.3 Å². The molecule has 158 valence electrons. The molecule has 0 unspecified atom stereocenters. The first-order valence-electron chi connectivity index (χ1n) is 10.5. The highest BCUT2D eigenvalue weighted by molar-refractivity contribution is 9.11. The maximum Gasteiger partial charge on any atom is 0.257 e. The Morgan fingerprint density at radius 3 is 2.60 bits per heavy atom. The van der Waals surface area contributed by atoms with Crippen molar-refractivity contribution in [2.24, 2.45) is 0 Å². The Bertz CT molecular complexity index is 874. The summed E-state index contributed by atoms with van der Waals surface area (Å²) >= 11 is 3.66. The molecule has 0 atom stereocenters. The number of imide groups is 1. The second kappa shape index (κ2) is 11.2. The molecule has 0 aromatic heterocycles. The summed E-state index contributed by atoms with van der Waals surface area (Å²) in [6.45, 7) is 5.28. The van der Waals surface area contributed by atoms with Gasteiger partial charge in [-0.1, -0.05) is 76.1 Å². The molecule has 1 heterocycles. The smallest absolute Gasteiger partial charge is 0.257 e. The predicted octanol–water partition coefficient (Wildman–Crippen LogP) is 4.79. The van der Waals surface area contributed by atoms with Crippen molar-refractivity contribution in [1.82, 2.24) is 9.80 Å². The van der Waals surface area contributed by atoms with Crippen LogP contribution in [0.4, 0.5) is 0 Å². The molecule has 1 aliphatic heterocycles. The molecular weight excluding hydrogens is 440 g/mol. The third-order valence-electron chi connectivity index (χ3n) is 5.75. The van der Waals surface area contributed by atoms with Crippen molar-refractivity contribution in [2.75, 3.05) is 26.2 Å². The molecule has 0 radical (unpaired) electrons. The maximum absolute atomic E-state index is 12.9. The van der Waals surface area contributed by atoms with Gasteiger partial charge in [-0.25, -0.2) is 0 Å². The molecule has 1 aromatic carbocycles. The van der Waals surface area contributed by atoms with Gasteiger partial charge in [0.05, 0.1) is 6.54 Å². The molecule has 0 bridgehead atoms. The van der Waals surface area contributed by atoms with Crippen LogP contribution in [0.25, 0.3) is 0 Å². The second-order valence-corrected chi connectivity index (χ2v) is 8.73. The number of rotatable bonds is 7. The Balaban J connectivity index is 1.55. The van der Waals surface area contributed by atoms with E-state index in [9.17, 15) is 9.59 Å². The summed E-state index contributed by atoms with van der Waals surface area (Å²) in [6, 6.07) is 10.6. The molecule has 0 spiro atoms. The summed E-state index contributed by atoms with van der Waals surface area (Å²) < 4.78 is 0.962. The van der Waals surface area contributed by atoms with Gasteiger partial charge in [-0.2, -0.15) is 0 Å². The zero-order valence-corrected chi connectivity index (χ0v) is 19.1. The van der Waals surface area contributed by atoms with E-state index < -0.39 is 0 Å². The molecular formula is C25H29BrN2O2. The third-order valence-corrected chi connectivity index (χ3v) is 6.56. The molecule has 1 aromatic rings. The van der Waals surface area contributed by atoms with Gasteiger partial charge >= 0.3 is 0 Å². The Hall–Kier alpha value is -2.24. The van der Waals surface area contributed by atoms with E-state index in [1.54, 1.807) is 0 Å². The zero-order valence-electron chi connectivity index (χ0n) is 17.5. The van der Waals surface area contributed by atoms with Crippen molar-refractivity contribution in [3.8, 4) is 0 Å². The van der Waals surface area contributed by atoms with E-state index in [1.165, 1.54) is 16.0 Å². The van der Waals surface area contributed by atoms with Crippen molar-refractivity contribution < 1.29 is 9.59 Å². The quantitative estimate of drug-likeness (QED) is 0.540. The molecule has 1 fully saturated rings. The van der Waals surface area contributed by atoms with Crippen LogP contribution in [-0.2, 0) is 16.0 Å². The summed E-state index contributed by atoms with van der Waals surface area (Å²) in [7, 11) is 0. The van der Waals surface area contributed by atoms with Crippen LogP contribution in [0.2, 0.25) is 0 Å². The zero-order chi connectivity index (χ0) is 21.3. The topological polar surface area (TPSA) is 40.6 Å². The molecule has 3 rings (SSSR count). The lowest BCUT2D eigenvalue weighted by molar-refractivity contribution is -0.134. The number of carbonyl (C=O) groups is 2. The van der Waals surface area contributed by atoms with Crippen molar-refractivity contribution in [1.29, 1.82) is 0 Å². The normalized spacial score (nSPS) is 17.1. The van der Waals surface area contributed by atoms with Crippen LogP contribution in [0.3, 0.4) is 0 Å². The summed E-state index contributed by atoms with van der Waals surface area (Å²) in [5, 5.41) is 0. The standard InChI is InChI=1S/C25H29BrN2O2/c1-20-8-4-2-7-11-23(20)25(30)28(19-29)18-24(26)22-13-16-27(17-14-22)15-12-21-9-5-3-6-10-21/h2-10,19H,11-18H2,1H3. The summed E-state index contributed by atoms with van der Waals surface area (Å²) in [6.07, 6.45) is 11.9. The molecule has 2 amide bonds. The first-order chi connectivity index (χ1) is 14.6. The number of amides is 2. The monoisotopic (exact) mass is 468 g/mol. The largest absolute Gasteiger partial charge is 0.302 e. The van der Waals surface area contributed by atoms with Crippen LogP contribution >= 0.6 is 15.9 Å². The van der Waals surface area contributed by atoms with Gasteiger partial charge in [0.2, 0.25) is 6.41 Å². The first kappa shape index (κ1) is 22.4. The number of piperidine rings is 1. The molecule has 4 nitrogen and oxygen atoms in total. The number of likely N-dealkylation sites (tertiary alicyclic amines) is 1. The van der Waals surface area contributed by atoms with Gasteiger partial charge in [0.25, 0.3) is 5.91 Å². The summed E-state index contributed by atoms with van der Waals surface area (Å²) in [4.78, 5) is 28.3. The molecule has 2 aliphatic rings. The SMILES string of the molecule is CC1=C(C(=O)N(C=O)CC(Br)=C2CCN(CCc3ccccc3)CC2)CC=CC=C1. The average Bonchev–Trinajstić information content (AvgIpc) is 3.00. The van der Waals surface area contributed by atoms with Gasteiger partial charge in [-0.15, -0.1) is 0 Å². The highest BCUT2D eigenvalue weighted by Gasteiger charge is 2.22. The number of benzene rings is 1. The summed E-state index contributed by atoms with van der Waals surface area (Å²) in [5.74, 6) is -0.212. The Kier molecular flexibility index (Phi) is 8.40. The molecule has 0 saturated carbocycles. The third kappa shape index (κ3) is 6.13. The van der Waals surface area contributed by atoms with E-state index in [0.717, 1.165) is 49.0 Å². The lowest BCUT2D eigenvalue weighted by Crippen LogP contribution is -2.35. The van der Waals surface area contributed by atoms with Gasteiger partial charge in [0.15, 0.2) is 0 Å². The maximum atomic E-state index is 12.9. The fourth-order valence-corrected chi connectivity index (χ4v) is 4.49. The average molecular weight is 469 g/mol. The van der Waals surface area contributed by atoms with E-state index in [0.29, 0.717) is 24.9 Å². The second-order valence-electron chi connectivity index (χ2n) is 7.78. The number of hydrogen-bond donors (Lipinski definition) is 0. The van der Waals surface area contributed by atoms with Gasteiger partial charge in [-0.3, -0.25) is 14.5 Å². The Morgan fingerprint density at radius 1 is 1.17 bits per heavy atom. The first-order valence-corrected chi connectivity index (χ1v) is 11.3. The van der Waals surface area contributed by atoms with Gasteiger partial charge < -0.3 is 4.90 Å². The van der Waals surface area contributed by atoms with Crippen LogP contribution < -0.4 is 0 Å². The fourth-order valence-electron chi connectivity index (χ4n) is 3.82. The lowest BCUT2D eigenvalue weighted by atomic mass is 10.0. The lowest BCUT2D eigenvalue weighted by Gasteiger charge is -2.29. The molecule has 1 saturated heterocycles. The van der Waals surface area contributed by atoms with E-state index in [1.807, 2.05) is 37.3 Å². The number of nitrogens with zero attached hydrogens (tertiary/aromatic N) is 2. The van der Waals surface area contributed by atoms with Gasteiger partial charge in [0, 0.05) is 29.7 Å². The van der Waals surface area contributed by atoms with E-state index >= 15 is 0 Å². The van der Waals surface area contributed by atoms with Crippen LogP contribution in [0.1, 0.15) is 31.7 Å². The van der Waals surface area contributed by atoms with E-state index in [2.05, 4.69) is 45.1 Å².